The first-order valence-electron chi connectivity index (χ1n) is 5.00. The van der Waals surface area contributed by atoms with Crippen LogP contribution in [0, 0.1) is 0 Å². The van der Waals surface area contributed by atoms with Crippen molar-refractivity contribution in [2.45, 2.75) is 19.4 Å². The van der Waals surface area contributed by atoms with Crippen molar-refractivity contribution in [3.05, 3.63) is 41.2 Å². The lowest BCUT2D eigenvalue weighted by Gasteiger charge is -1.99. The summed E-state index contributed by atoms with van der Waals surface area (Å²) < 4.78 is 1.66. The highest BCUT2D eigenvalue weighted by molar-refractivity contribution is 6.30. The maximum absolute atomic E-state index is 9.23. The first kappa shape index (κ1) is 11.1. The van der Waals surface area contributed by atoms with Crippen molar-refractivity contribution in [3.63, 3.8) is 0 Å². The third kappa shape index (κ3) is 2.59. The van der Waals surface area contributed by atoms with Gasteiger partial charge in [0.1, 0.15) is 0 Å². The van der Waals surface area contributed by atoms with Crippen LogP contribution in [0.5, 0.6) is 0 Å². The van der Waals surface area contributed by atoms with E-state index < -0.39 is 6.10 Å². The lowest BCUT2D eigenvalue weighted by molar-refractivity contribution is 0.194. The van der Waals surface area contributed by atoms with Crippen LogP contribution >= 0.6 is 11.6 Å². The van der Waals surface area contributed by atoms with Gasteiger partial charge in [-0.25, -0.2) is 4.68 Å². The average Bonchev–Trinajstić information content (AvgIpc) is 2.66. The number of aliphatic hydroxyl groups is 1. The molecular weight excluding hydrogens is 226 g/mol. The van der Waals surface area contributed by atoms with Gasteiger partial charge in [-0.15, -0.1) is 5.10 Å². The lowest BCUT2D eigenvalue weighted by atomic mass is 10.2. The Morgan fingerprint density at radius 2 is 2.06 bits per heavy atom. The lowest BCUT2D eigenvalue weighted by Crippen LogP contribution is -2.04. The highest BCUT2D eigenvalue weighted by Gasteiger charge is 2.05. The van der Waals surface area contributed by atoms with E-state index in [4.69, 9.17) is 11.6 Å². The summed E-state index contributed by atoms with van der Waals surface area (Å²) in [5, 5.41) is 17.9. The Balaban J connectivity index is 2.21. The number of aliphatic hydroxyl groups excluding tert-OH is 1. The molecule has 1 N–H and O–H groups in total. The molecule has 0 saturated heterocycles. The van der Waals surface area contributed by atoms with E-state index in [1.54, 1.807) is 29.9 Å². The van der Waals surface area contributed by atoms with Crippen molar-refractivity contribution >= 4 is 11.6 Å². The molecule has 16 heavy (non-hydrogen) atoms. The fraction of sp³-hybridized carbons (Fsp3) is 0.273. The van der Waals surface area contributed by atoms with Crippen LogP contribution in [0.2, 0.25) is 5.02 Å². The van der Waals surface area contributed by atoms with Gasteiger partial charge in [-0.2, -0.15) is 0 Å². The molecule has 1 unspecified atom stereocenters. The van der Waals surface area contributed by atoms with Gasteiger partial charge in [-0.3, -0.25) is 0 Å². The number of aromatic nitrogens is 3. The predicted octanol–water partition coefficient (Wildman–Crippen LogP) is 1.84. The summed E-state index contributed by atoms with van der Waals surface area (Å²) in [6.07, 6.45) is 1.90. The van der Waals surface area contributed by atoms with Crippen LogP contribution in [0.25, 0.3) is 5.69 Å². The van der Waals surface area contributed by atoms with Crippen LogP contribution < -0.4 is 0 Å². The van der Waals surface area contributed by atoms with Gasteiger partial charge in [-0.1, -0.05) is 16.8 Å². The Morgan fingerprint density at radius 3 is 2.69 bits per heavy atom. The fourth-order valence-corrected chi connectivity index (χ4v) is 1.54. The van der Waals surface area contributed by atoms with Gasteiger partial charge in [0.2, 0.25) is 0 Å². The van der Waals surface area contributed by atoms with Crippen LogP contribution in [0.1, 0.15) is 12.6 Å². The summed E-state index contributed by atoms with van der Waals surface area (Å²) in [7, 11) is 0. The molecule has 0 aliphatic heterocycles. The maximum Gasteiger partial charge on any atom is 0.0857 e. The zero-order valence-electron chi connectivity index (χ0n) is 8.84. The van der Waals surface area contributed by atoms with E-state index in [-0.39, 0.29) is 0 Å². The third-order valence-electron chi connectivity index (χ3n) is 2.14. The molecule has 0 fully saturated rings. The average molecular weight is 238 g/mol. The Kier molecular flexibility index (Phi) is 3.22. The predicted molar refractivity (Wildman–Crippen MR) is 61.8 cm³/mol. The second kappa shape index (κ2) is 4.63. The van der Waals surface area contributed by atoms with E-state index in [0.29, 0.717) is 11.4 Å². The molecule has 0 aliphatic rings. The van der Waals surface area contributed by atoms with Crippen molar-refractivity contribution < 1.29 is 5.11 Å². The summed E-state index contributed by atoms with van der Waals surface area (Å²) in [5.74, 6) is 0. The molecule has 0 amide bonds. The van der Waals surface area contributed by atoms with Gasteiger partial charge in [0.05, 0.1) is 23.7 Å². The normalized spacial score (nSPS) is 12.7. The topological polar surface area (TPSA) is 50.9 Å². The van der Waals surface area contributed by atoms with Crippen molar-refractivity contribution in [3.8, 4) is 5.69 Å². The molecule has 0 aliphatic carbocycles. The molecule has 0 spiro atoms. The highest BCUT2D eigenvalue weighted by atomic mass is 35.5. The quantitative estimate of drug-likeness (QED) is 0.886. The molecule has 0 saturated carbocycles. The monoisotopic (exact) mass is 237 g/mol. The zero-order chi connectivity index (χ0) is 11.5. The van der Waals surface area contributed by atoms with Crippen molar-refractivity contribution in [1.82, 2.24) is 15.0 Å². The van der Waals surface area contributed by atoms with E-state index in [0.717, 1.165) is 11.4 Å². The molecule has 5 heteroatoms. The molecule has 2 rings (SSSR count). The minimum Gasteiger partial charge on any atom is -0.393 e. The Labute approximate surface area is 98.5 Å². The van der Waals surface area contributed by atoms with E-state index in [2.05, 4.69) is 10.3 Å². The summed E-state index contributed by atoms with van der Waals surface area (Å²) in [5.41, 5.74) is 1.67. The molecular formula is C11H12ClN3O. The molecule has 4 nitrogen and oxygen atoms in total. The van der Waals surface area contributed by atoms with E-state index >= 15 is 0 Å². The number of benzene rings is 1. The smallest absolute Gasteiger partial charge is 0.0857 e. The van der Waals surface area contributed by atoms with Crippen LogP contribution in [0.4, 0.5) is 0 Å². The van der Waals surface area contributed by atoms with Crippen molar-refractivity contribution in [1.29, 1.82) is 0 Å². The molecule has 0 bridgehead atoms. The van der Waals surface area contributed by atoms with Gasteiger partial charge in [0.15, 0.2) is 0 Å². The molecule has 1 aromatic heterocycles. The number of hydrogen-bond acceptors (Lipinski definition) is 3. The molecule has 1 heterocycles. The third-order valence-corrected chi connectivity index (χ3v) is 2.39. The first-order valence-corrected chi connectivity index (χ1v) is 5.38. The summed E-state index contributed by atoms with van der Waals surface area (Å²) >= 11 is 5.79. The van der Waals surface area contributed by atoms with Crippen LogP contribution in [0.3, 0.4) is 0 Å². The van der Waals surface area contributed by atoms with Crippen LogP contribution in [0.15, 0.2) is 30.5 Å². The second-order valence-corrected chi connectivity index (χ2v) is 4.12. The molecule has 84 valence electrons. The Bertz CT molecular complexity index is 464. The van der Waals surface area contributed by atoms with E-state index in [9.17, 15) is 5.11 Å². The zero-order valence-corrected chi connectivity index (χ0v) is 9.59. The maximum atomic E-state index is 9.23. The SMILES string of the molecule is CC(O)Cc1cn(-c2ccc(Cl)cc2)nn1. The van der Waals surface area contributed by atoms with E-state index in [1.165, 1.54) is 0 Å². The van der Waals surface area contributed by atoms with Gasteiger partial charge < -0.3 is 5.11 Å². The molecule has 2 aromatic rings. The molecule has 1 aromatic carbocycles. The fourth-order valence-electron chi connectivity index (χ4n) is 1.41. The summed E-state index contributed by atoms with van der Waals surface area (Å²) in [6, 6.07) is 7.33. The minimum absolute atomic E-state index is 0.407. The molecule has 0 radical (unpaired) electrons. The van der Waals surface area contributed by atoms with Crippen LogP contribution in [-0.4, -0.2) is 26.2 Å². The van der Waals surface area contributed by atoms with Gasteiger partial charge in [0.25, 0.3) is 0 Å². The largest absolute Gasteiger partial charge is 0.393 e. The van der Waals surface area contributed by atoms with Crippen molar-refractivity contribution in [2.24, 2.45) is 0 Å². The number of halogens is 1. The Hall–Kier alpha value is -1.39. The summed E-state index contributed by atoms with van der Waals surface area (Å²) in [6.45, 7) is 1.72. The number of nitrogens with zero attached hydrogens (tertiary/aromatic N) is 3. The van der Waals surface area contributed by atoms with Gasteiger partial charge >= 0.3 is 0 Å². The highest BCUT2D eigenvalue weighted by Crippen LogP contribution is 2.12. The standard InChI is InChI=1S/C11H12ClN3O/c1-8(16)6-10-7-15(14-13-10)11-4-2-9(12)3-5-11/h2-5,7-8,16H,6H2,1H3. The first-order chi connectivity index (χ1) is 7.65. The van der Waals surface area contributed by atoms with Crippen molar-refractivity contribution in [2.75, 3.05) is 0 Å². The second-order valence-electron chi connectivity index (χ2n) is 3.68. The summed E-state index contributed by atoms with van der Waals surface area (Å²) in [4.78, 5) is 0. The number of hydrogen-bond donors (Lipinski definition) is 1. The van der Waals surface area contributed by atoms with Crippen LogP contribution in [-0.2, 0) is 6.42 Å². The minimum atomic E-state index is -0.407. The number of rotatable bonds is 3. The molecule has 1 atom stereocenters. The van der Waals surface area contributed by atoms with E-state index in [1.807, 2.05) is 12.1 Å². The van der Waals surface area contributed by atoms with Gasteiger partial charge in [0, 0.05) is 11.4 Å². The van der Waals surface area contributed by atoms with Gasteiger partial charge in [-0.05, 0) is 31.2 Å². The Morgan fingerprint density at radius 1 is 1.38 bits per heavy atom.